The monoisotopic (exact) mass is 130 g/mol. The molecule has 0 aliphatic heterocycles. The number of rotatable bonds is 5. The van der Waals surface area contributed by atoms with Gasteiger partial charge in [-0.15, -0.1) is 6.58 Å². The van der Waals surface area contributed by atoms with Gasteiger partial charge in [0, 0.05) is 6.61 Å². The zero-order valence-electron chi connectivity index (χ0n) is 5.52. The van der Waals surface area contributed by atoms with Crippen LogP contribution < -0.4 is 0 Å². The minimum absolute atomic E-state index is 0.335. The van der Waals surface area contributed by atoms with E-state index < -0.39 is 0 Å². The van der Waals surface area contributed by atoms with Crippen LogP contribution in [0.3, 0.4) is 0 Å². The van der Waals surface area contributed by atoms with Crippen molar-refractivity contribution in [1.82, 2.24) is 0 Å². The van der Waals surface area contributed by atoms with Crippen LogP contribution in [0.15, 0.2) is 12.3 Å². The second-order valence-corrected chi connectivity index (χ2v) is 3.04. The third-order valence-corrected chi connectivity index (χ3v) is 1.64. The van der Waals surface area contributed by atoms with Crippen LogP contribution in [0.5, 0.6) is 0 Å². The Morgan fingerprint density at radius 2 is 2.50 bits per heavy atom. The van der Waals surface area contributed by atoms with Gasteiger partial charge in [-0.3, -0.25) is 0 Å². The summed E-state index contributed by atoms with van der Waals surface area (Å²) in [6, 6.07) is 0. The fraction of sp³-hybridized carbons (Fsp3) is 0.667. The van der Waals surface area contributed by atoms with E-state index in [-0.39, 0.29) is 9.76 Å². The minimum atomic E-state index is -0.335. The Balaban J connectivity index is 2.62. The lowest BCUT2D eigenvalue weighted by Gasteiger charge is -1.95. The molecule has 0 aromatic heterocycles. The van der Waals surface area contributed by atoms with Crippen molar-refractivity contribution in [3.05, 3.63) is 12.3 Å². The molecule has 0 spiro atoms. The minimum Gasteiger partial charge on any atom is -0.419 e. The lowest BCUT2D eigenvalue weighted by Crippen LogP contribution is -1.95. The smallest absolute Gasteiger partial charge is 0.184 e. The summed E-state index contributed by atoms with van der Waals surface area (Å²) in [6.45, 7) is 6.70. The van der Waals surface area contributed by atoms with Gasteiger partial charge >= 0.3 is 0 Å². The van der Waals surface area contributed by atoms with Gasteiger partial charge in [0.15, 0.2) is 9.76 Å². The average Bonchev–Trinajstić information content (AvgIpc) is 1.81. The molecule has 2 heteroatoms. The van der Waals surface area contributed by atoms with E-state index in [2.05, 4.69) is 13.5 Å². The summed E-state index contributed by atoms with van der Waals surface area (Å²) in [7, 11) is -0.335. The van der Waals surface area contributed by atoms with Gasteiger partial charge in [0.25, 0.3) is 0 Å². The standard InChI is InChI=1S/C6H14OSi/c1-3-5-6-7-8-4-2/h4H,2-3,5-6,8H2,1H3. The fourth-order valence-corrected chi connectivity index (χ4v) is 0.951. The zero-order valence-corrected chi connectivity index (χ0v) is 6.94. The summed E-state index contributed by atoms with van der Waals surface area (Å²) >= 11 is 0. The molecule has 0 saturated heterocycles. The molecule has 0 aliphatic rings. The molecule has 0 N–H and O–H groups in total. The van der Waals surface area contributed by atoms with Crippen LogP contribution in [0.25, 0.3) is 0 Å². The van der Waals surface area contributed by atoms with E-state index in [1.807, 2.05) is 5.70 Å². The van der Waals surface area contributed by atoms with E-state index in [0.29, 0.717) is 0 Å². The highest BCUT2D eigenvalue weighted by atomic mass is 28.2. The van der Waals surface area contributed by atoms with Gasteiger partial charge in [-0.1, -0.05) is 19.0 Å². The number of hydrogen-bond donors (Lipinski definition) is 0. The van der Waals surface area contributed by atoms with Crippen molar-refractivity contribution in [2.75, 3.05) is 6.61 Å². The van der Waals surface area contributed by atoms with Gasteiger partial charge in [0.2, 0.25) is 0 Å². The van der Waals surface area contributed by atoms with Gasteiger partial charge in [-0.25, -0.2) is 0 Å². The normalized spacial score (nSPS) is 10.6. The molecule has 0 bridgehead atoms. The van der Waals surface area contributed by atoms with Gasteiger partial charge in [0.05, 0.1) is 0 Å². The quantitative estimate of drug-likeness (QED) is 0.399. The first-order valence-corrected chi connectivity index (χ1v) is 4.49. The zero-order chi connectivity index (χ0) is 6.24. The maximum absolute atomic E-state index is 5.24. The Hall–Kier alpha value is -0.0831. The third-order valence-electron chi connectivity index (χ3n) is 0.878. The molecule has 0 aromatic rings. The van der Waals surface area contributed by atoms with Gasteiger partial charge in [-0.2, -0.15) is 0 Å². The number of unbranched alkanes of at least 4 members (excludes halogenated alkanes) is 1. The molecular formula is C6H14OSi. The van der Waals surface area contributed by atoms with Crippen molar-refractivity contribution >= 4 is 9.76 Å². The van der Waals surface area contributed by atoms with Crippen molar-refractivity contribution in [1.29, 1.82) is 0 Å². The first-order chi connectivity index (χ1) is 3.91. The highest BCUT2D eigenvalue weighted by molar-refractivity contribution is 6.33. The molecule has 0 radical (unpaired) electrons. The van der Waals surface area contributed by atoms with Crippen molar-refractivity contribution in [3.8, 4) is 0 Å². The molecule has 0 aromatic carbocycles. The summed E-state index contributed by atoms with van der Waals surface area (Å²) in [5, 5.41) is 0. The Morgan fingerprint density at radius 3 is 3.00 bits per heavy atom. The van der Waals surface area contributed by atoms with Crippen LogP contribution in [-0.2, 0) is 4.43 Å². The fourth-order valence-electron chi connectivity index (χ4n) is 0.413. The summed E-state index contributed by atoms with van der Waals surface area (Å²) in [4.78, 5) is 0. The van der Waals surface area contributed by atoms with E-state index in [4.69, 9.17) is 4.43 Å². The molecule has 48 valence electrons. The Kier molecular flexibility index (Phi) is 6.85. The number of hydrogen-bond acceptors (Lipinski definition) is 1. The maximum atomic E-state index is 5.24. The summed E-state index contributed by atoms with van der Waals surface area (Å²) in [5.74, 6) is 0. The first kappa shape index (κ1) is 7.92. The molecular weight excluding hydrogens is 116 g/mol. The van der Waals surface area contributed by atoms with E-state index in [1.165, 1.54) is 12.8 Å². The van der Waals surface area contributed by atoms with Crippen LogP contribution >= 0.6 is 0 Å². The van der Waals surface area contributed by atoms with Crippen LogP contribution in [0.4, 0.5) is 0 Å². The summed E-state index contributed by atoms with van der Waals surface area (Å²) in [6.07, 6.45) is 2.42. The largest absolute Gasteiger partial charge is 0.419 e. The molecule has 8 heavy (non-hydrogen) atoms. The molecule has 0 unspecified atom stereocenters. The molecule has 1 nitrogen and oxygen atoms in total. The molecule has 0 heterocycles. The third kappa shape index (κ3) is 5.92. The van der Waals surface area contributed by atoms with E-state index in [0.717, 1.165) is 6.61 Å². The van der Waals surface area contributed by atoms with Gasteiger partial charge < -0.3 is 4.43 Å². The Labute approximate surface area is 53.7 Å². The molecule has 0 rings (SSSR count). The van der Waals surface area contributed by atoms with Crippen molar-refractivity contribution < 1.29 is 4.43 Å². The molecule has 0 atom stereocenters. The Morgan fingerprint density at radius 1 is 1.75 bits per heavy atom. The van der Waals surface area contributed by atoms with Crippen molar-refractivity contribution in [3.63, 3.8) is 0 Å². The SMILES string of the molecule is C=C[SiH2]OCCCC. The molecule has 0 amide bonds. The lowest BCUT2D eigenvalue weighted by atomic mass is 10.4. The van der Waals surface area contributed by atoms with E-state index in [1.54, 1.807) is 0 Å². The van der Waals surface area contributed by atoms with Gasteiger partial charge in [-0.05, 0) is 6.42 Å². The Bertz CT molecular complexity index is 54.5. The highest BCUT2D eigenvalue weighted by Gasteiger charge is 1.80. The molecule has 0 saturated carbocycles. The van der Waals surface area contributed by atoms with E-state index >= 15 is 0 Å². The first-order valence-electron chi connectivity index (χ1n) is 3.10. The molecule has 0 aliphatic carbocycles. The average molecular weight is 130 g/mol. The lowest BCUT2D eigenvalue weighted by molar-refractivity contribution is 0.331. The van der Waals surface area contributed by atoms with Crippen LogP contribution in [0.1, 0.15) is 19.8 Å². The molecule has 0 fully saturated rings. The predicted octanol–water partition coefficient (Wildman–Crippen LogP) is 1.03. The summed E-state index contributed by atoms with van der Waals surface area (Å²) < 4.78 is 5.24. The van der Waals surface area contributed by atoms with E-state index in [9.17, 15) is 0 Å². The van der Waals surface area contributed by atoms with Crippen LogP contribution in [0, 0.1) is 0 Å². The topological polar surface area (TPSA) is 9.23 Å². The van der Waals surface area contributed by atoms with Crippen LogP contribution in [0.2, 0.25) is 0 Å². The predicted molar refractivity (Wildman–Crippen MR) is 39.6 cm³/mol. The second-order valence-electron chi connectivity index (χ2n) is 1.72. The van der Waals surface area contributed by atoms with Crippen LogP contribution in [-0.4, -0.2) is 16.4 Å². The highest BCUT2D eigenvalue weighted by Crippen LogP contribution is 1.85. The van der Waals surface area contributed by atoms with Crippen molar-refractivity contribution in [2.24, 2.45) is 0 Å². The summed E-state index contributed by atoms with van der Waals surface area (Å²) in [5.41, 5.74) is 1.91. The maximum Gasteiger partial charge on any atom is 0.184 e. The second kappa shape index (κ2) is 6.92. The van der Waals surface area contributed by atoms with Crippen molar-refractivity contribution in [2.45, 2.75) is 19.8 Å². The van der Waals surface area contributed by atoms with Gasteiger partial charge in [0.1, 0.15) is 0 Å².